The zero-order chi connectivity index (χ0) is 28.3. The summed E-state index contributed by atoms with van der Waals surface area (Å²) in [5.74, 6) is 0. The van der Waals surface area contributed by atoms with Crippen molar-refractivity contribution in [3.05, 3.63) is 90.6 Å². The molecule has 4 aromatic rings. The van der Waals surface area contributed by atoms with E-state index < -0.39 is 19.7 Å². The van der Waals surface area contributed by atoms with Crippen LogP contribution in [0.5, 0.6) is 0 Å². The van der Waals surface area contributed by atoms with Crippen molar-refractivity contribution in [3.8, 4) is 16.9 Å². The lowest BCUT2D eigenvalue weighted by Gasteiger charge is -2.37. The maximum absolute atomic E-state index is 12.6. The van der Waals surface area contributed by atoms with Gasteiger partial charge in [0.15, 0.2) is 19.7 Å². The number of benzene rings is 3. The van der Waals surface area contributed by atoms with Gasteiger partial charge in [-0.2, -0.15) is 5.10 Å². The van der Waals surface area contributed by atoms with Gasteiger partial charge in [0.1, 0.15) is 4.90 Å². The van der Waals surface area contributed by atoms with E-state index in [2.05, 4.69) is 35.2 Å². The molecule has 0 radical (unpaired) electrons. The van der Waals surface area contributed by atoms with E-state index in [0.717, 1.165) is 67.6 Å². The second kappa shape index (κ2) is 11.6. The molecule has 1 aliphatic rings. The largest absolute Gasteiger partial charge is 0.368 e. The van der Waals surface area contributed by atoms with Gasteiger partial charge < -0.3 is 4.90 Å². The van der Waals surface area contributed by atoms with Gasteiger partial charge in [0.2, 0.25) is 0 Å². The van der Waals surface area contributed by atoms with Crippen LogP contribution in [0.4, 0.5) is 5.69 Å². The molecule has 0 bridgehead atoms. The Morgan fingerprint density at radius 2 is 1.40 bits per heavy atom. The summed E-state index contributed by atoms with van der Waals surface area (Å²) >= 11 is 0. The molecule has 0 aliphatic carbocycles. The number of hydrogen-bond donors (Lipinski definition) is 0. The van der Waals surface area contributed by atoms with Crippen molar-refractivity contribution < 1.29 is 16.8 Å². The van der Waals surface area contributed by atoms with Crippen molar-refractivity contribution in [3.63, 3.8) is 0 Å². The molecule has 40 heavy (non-hydrogen) atoms. The molecule has 0 N–H and O–H groups in total. The summed E-state index contributed by atoms with van der Waals surface area (Å²) in [7, 11) is -7.43. The number of aryl methyl sites for hydroxylation is 1. The summed E-state index contributed by atoms with van der Waals surface area (Å²) in [5, 5.41) is 4.94. The van der Waals surface area contributed by atoms with Crippen molar-refractivity contribution >= 4 is 25.4 Å². The number of hydrogen-bond acceptors (Lipinski definition) is 7. The monoisotopic (exact) mass is 578 g/mol. The predicted molar refractivity (Wildman–Crippen MR) is 159 cm³/mol. The first kappa shape index (κ1) is 28.1. The molecular formula is C30H34N4O4S2. The number of aromatic nitrogens is 2. The van der Waals surface area contributed by atoms with Crippen LogP contribution in [0.25, 0.3) is 16.9 Å². The van der Waals surface area contributed by atoms with Crippen LogP contribution in [0.3, 0.4) is 0 Å². The zero-order valence-electron chi connectivity index (χ0n) is 22.8. The van der Waals surface area contributed by atoms with Gasteiger partial charge in [-0.15, -0.1) is 0 Å². The van der Waals surface area contributed by atoms with Crippen LogP contribution in [-0.2, 0) is 26.1 Å². The predicted octanol–water partition coefficient (Wildman–Crippen LogP) is 4.10. The molecule has 210 valence electrons. The van der Waals surface area contributed by atoms with Crippen LogP contribution in [0.1, 0.15) is 12.1 Å². The number of nitrogens with zero attached hydrogens (tertiary/aromatic N) is 4. The molecule has 5 rings (SSSR count). The topological polar surface area (TPSA) is 92.6 Å². The van der Waals surface area contributed by atoms with Gasteiger partial charge in [0, 0.05) is 44.3 Å². The number of para-hydroxylation sites is 1. The van der Waals surface area contributed by atoms with Crippen LogP contribution >= 0.6 is 0 Å². The van der Waals surface area contributed by atoms with Gasteiger partial charge in [-0.05, 0) is 49.7 Å². The summed E-state index contributed by atoms with van der Waals surface area (Å²) in [4.78, 5) is 4.10. The molecule has 1 aliphatic heterocycles. The maximum atomic E-state index is 12.6. The van der Waals surface area contributed by atoms with Gasteiger partial charge in [-0.1, -0.05) is 54.6 Å². The minimum absolute atomic E-state index is 0.103. The maximum Gasteiger partial charge on any atom is 0.178 e. The highest BCUT2D eigenvalue weighted by atomic mass is 32.2. The lowest BCUT2D eigenvalue weighted by atomic mass is 10.1. The molecule has 1 aromatic heterocycles. The third-order valence-corrected chi connectivity index (χ3v) is 9.62. The summed E-state index contributed by atoms with van der Waals surface area (Å²) in [6.07, 6.45) is 3.90. The smallest absolute Gasteiger partial charge is 0.178 e. The second-order valence-electron chi connectivity index (χ2n) is 10.2. The SMILES string of the molecule is CS(=O)(=O)c1cccc(N2CCN(CCCc3cc(-c4ccccc4)n(-c4ccccc4)n3)CC2)c1S(C)(=O)=O. The Morgan fingerprint density at radius 3 is 2.02 bits per heavy atom. The lowest BCUT2D eigenvalue weighted by Crippen LogP contribution is -2.47. The molecule has 10 heteroatoms. The fourth-order valence-electron chi connectivity index (χ4n) is 5.25. The van der Waals surface area contributed by atoms with Crippen molar-refractivity contribution in [2.24, 2.45) is 0 Å². The van der Waals surface area contributed by atoms with Gasteiger partial charge in [0.25, 0.3) is 0 Å². The third kappa shape index (κ3) is 6.29. The molecule has 0 saturated carbocycles. The number of rotatable bonds is 9. The Hall–Kier alpha value is -3.47. The Bertz CT molecular complexity index is 1620. The average Bonchev–Trinajstić information content (AvgIpc) is 3.37. The molecule has 0 atom stereocenters. The fraction of sp³-hybridized carbons (Fsp3) is 0.300. The summed E-state index contributed by atoms with van der Waals surface area (Å²) < 4.78 is 51.8. The first-order chi connectivity index (χ1) is 19.1. The highest BCUT2D eigenvalue weighted by molar-refractivity contribution is 7.94. The van der Waals surface area contributed by atoms with Crippen LogP contribution < -0.4 is 4.90 Å². The standard InChI is InChI=1S/C30H34N4O4S2/c1-39(35,36)29-17-9-16-27(30(29)40(2,37)38)33-21-19-32(20-22-33)18-10-13-25-23-28(24-11-5-3-6-12-24)34(31-25)26-14-7-4-8-15-26/h3-9,11-12,14-17,23H,10,13,18-22H2,1-2H3. The fourth-order valence-corrected chi connectivity index (χ4v) is 7.93. The normalized spacial score (nSPS) is 14.9. The second-order valence-corrected chi connectivity index (χ2v) is 14.2. The van der Waals surface area contributed by atoms with Crippen LogP contribution in [0, 0.1) is 0 Å². The van der Waals surface area contributed by atoms with Crippen molar-refractivity contribution in [1.29, 1.82) is 0 Å². The highest BCUT2D eigenvalue weighted by Gasteiger charge is 2.28. The molecule has 1 saturated heterocycles. The zero-order valence-corrected chi connectivity index (χ0v) is 24.4. The minimum atomic E-state index is -3.74. The van der Waals surface area contributed by atoms with E-state index in [1.54, 1.807) is 12.1 Å². The minimum Gasteiger partial charge on any atom is -0.368 e. The van der Waals surface area contributed by atoms with Crippen molar-refractivity contribution in [2.75, 3.05) is 50.1 Å². The first-order valence-electron chi connectivity index (χ1n) is 13.3. The first-order valence-corrected chi connectivity index (χ1v) is 17.1. The summed E-state index contributed by atoms with van der Waals surface area (Å²) in [5.41, 5.74) is 4.71. The number of anilines is 1. The van der Waals surface area contributed by atoms with E-state index >= 15 is 0 Å². The molecule has 2 heterocycles. The molecular weight excluding hydrogens is 544 g/mol. The van der Waals surface area contributed by atoms with Crippen LogP contribution in [-0.4, -0.2) is 76.8 Å². The quantitative estimate of drug-likeness (QED) is 0.295. The van der Waals surface area contributed by atoms with Crippen LogP contribution in [0.2, 0.25) is 0 Å². The van der Waals surface area contributed by atoms with E-state index in [-0.39, 0.29) is 9.79 Å². The van der Waals surface area contributed by atoms with Gasteiger partial charge in [-0.25, -0.2) is 21.5 Å². The van der Waals surface area contributed by atoms with E-state index in [1.807, 2.05) is 46.0 Å². The number of piperazine rings is 1. The summed E-state index contributed by atoms with van der Waals surface area (Å²) in [6.45, 7) is 3.67. The number of sulfone groups is 2. The average molecular weight is 579 g/mol. The summed E-state index contributed by atoms with van der Waals surface area (Å²) in [6, 6.07) is 27.3. The van der Waals surface area contributed by atoms with Gasteiger partial charge >= 0.3 is 0 Å². The van der Waals surface area contributed by atoms with E-state index in [0.29, 0.717) is 18.8 Å². The molecule has 0 unspecified atom stereocenters. The Morgan fingerprint density at radius 1 is 0.750 bits per heavy atom. The van der Waals surface area contributed by atoms with Gasteiger partial charge in [-0.3, -0.25) is 4.90 Å². The molecule has 1 fully saturated rings. The Balaban J connectivity index is 1.24. The van der Waals surface area contributed by atoms with E-state index in [9.17, 15) is 16.8 Å². The van der Waals surface area contributed by atoms with Crippen LogP contribution in [0.15, 0.2) is 94.7 Å². The Kier molecular flexibility index (Phi) is 8.11. The third-order valence-electron chi connectivity index (χ3n) is 7.18. The Labute approximate surface area is 236 Å². The molecule has 0 amide bonds. The van der Waals surface area contributed by atoms with E-state index in [1.165, 1.54) is 6.07 Å². The molecule has 0 spiro atoms. The van der Waals surface area contributed by atoms with Crippen molar-refractivity contribution in [1.82, 2.24) is 14.7 Å². The molecule has 3 aromatic carbocycles. The van der Waals surface area contributed by atoms with Gasteiger partial charge in [0.05, 0.1) is 27.7 Å². The lowest BCUT2D eigenvalue weighted by molar-refractivity contribution is 0.254. The highest BCUT2D eigenvalue weighted by Crippen LogP contribution is 2.32. The molecule has 8 nitrogen and oxygen atoms in total. The van der Waals surface area contributed by atoms with E-state index in [4.69, 9.17) is 5.10 Å². The van der Waals surface area contributed by atoms with Crippen molar-refractivity contribution in [2.45, 2.75) is 22.6 Å².